The second-order valence-corrected chi connectivity index (χ2v) is 9.38. The number of carbonyl (C=O) groups is 3. The van der Waals surface area contributed by atoms with Crippen molar-refractivity contribution in [3.05, 3.63) is 33.9 Å². The molecule has 0 bridgehead atoms. The van der Waals surface area contributed by atoms with Gasteiger partial charge in [0.15, 0.2) is 11.9 Å². The van der Waals surface area contributed by atoms with E-state index in [2.05, 4.69) is 10.6 Å². The lowest BCUT2D eigenvalue weighted by atomic mass is 9.58. The molecule has 3 atom stereocenters. The number of benzene rings is 1. The van der Waals surface area contributed by atoms with Crippen molar-refractivity contribution in [2.24, 2.45) is 11.3 Å². The molecule has 3 fully saturated rings. The number of nitro groups is 1. The van der Waals surface area contributed by atoms with E-state index in [9.17, 15) is 29.6 Å². The van der Waals surface area contributed by atoms with E-state index in [0.29, 0.717) is 32.4 Å². The van der Waals surface area contributed by atoms with Gasteiger partial charge in [0.2, 0.25) is 11.8 Å². The number of hydrogen-bond acceptors (Lipinski definition) is 7. The van der Waals surface area contributed by atoms with Crippen LogP contribution >= 0.6 is 0 Å². The maximum atomic E-state index is 13.2. The van der Waals surface area contributed by atoms with Gasteiger partial charge in [0, 0.05) is 38.2 Å². The Morgan fingerprint density at radius 2 is 2.12 bits per heavy atom. The first-order valence-corrected chi connectivity index (χ1v) is 11.6. The van der Waals surface area contributed by atoms with E-state index < -0.39 is 22.3 Å². The summed E-state index contributed by atoms with van der Waals surface area (Å²) in [6, 6.07) is 3.68. The number of carbonyl (C=O) groups excluding carboxylic acids is 3. The molecule has 184 valence electrons. The van der Waals surface area contributed by atoms with Crippen molar-refractivity contribution in [3.8, 4) is 5.75 Å². The monoisotopic (exact) mass is 474 g/mol. The Morgan fingerprint density at radius 1 is 1.35 bits per heavy atom. The summed E-state index contributed by atoms with van der Waals surface area (Å²) < 4.78 is 4.96. The molecule has 0 aromatic heterocycles. The number of aliphatic hydroxyl groups excluding tert-OH is 1. The fraction of sp³-hybridized carbons (Fsp3) is 0.609. The summed E-state index contributed by atoms with van der Waals surface area (Å²) in [5, 5.41) is 27.8. The Kier molecular flexibility index (Phi) is 6.74. The van der Waals surface area contributed by atoms with Crippen LogP contribution in [0.1, 0.15) is 50.2 Å². The van der Waals surface area contributed by atoms with E-state index in [1.165, 1.54) is 24.1 Å². The minimum Gasteiger partial charge on any atom is -0.490 e. The second kappa shape index (κ2) is 9.57. The van der Waals surface area contributed by atoms with Crippen LogP contribution in [0.5, 0.6) is 5.75 Å². The van der Waals surface area contributed by atoms with Gasteiger partial charge in [0.25, 0.3) is 5.91 Å². The molecule has 2 heterocycles. The minimum absolute atomic E-state index is 0.0227. The number of nitrogens with zero attached hydrogens (tertiary/aromatic N) is 2. The van der Waals surface area contributed by atoms with Crippen LogP contribution in [0.15, 0.2) is 18.2 Å². The van der Waals surface area contributed by atoms with Gasteiger partial charge in [0.05, 0.1) is 17.4 Å². The first kappa shape index (κ1) is 23.9. The van der Waals surface area contributed by atoms with Crippen LogP contribution in [0.4, 0.5) is 5.69 Å². The number of amides is 3. The number of rotatable bonds is 7. The van der Waals surface area contributed by atoms with Crippen LogP contribution in [-0.2, 0) is 14.4 Å². The highest BCUT2D eigenvalue weighted by Gasteiger charge is 2.51. The van der Waals surface area contributed by atoms with Gasteiger partial charge >= 0.3 is 5.69 Å². The van der Waals surface area contributed by atoms with Gasteiger partial charge in [-0.3, -0.25) is 24.5 Å². The molecule has 0 spiro atoms. The molecule has 3 aliphatic rings. The van der Waals surface area contributed by atoms with Gasteiger partial charge in [0.1, 0.15) is 0 Å². The molecule has 11 heteroatoms. The predicted molar refractivity (Wildman–Crippen MR) is 120 cm³/mol. The third-order valence-electron chi connectivity index (χ3n) is 7.53. The molecule has 1 aromatic carbocycles. The summed E-state index contributed by atoms with van der Waals surface area (Å²) in [4.78, 5) is 49.7. The van der Waals surface area contributed by atoms with E-state index in [4.69, 9.17) is 4.74 Å². The highest BCUT2D eigenvalue weighted by atomic mass is 16.6. The third-order valence-corrected chi connectivity index (χ3v) is 7.53. The zero-order valence-corrected chi connectivity index (χ0v) is 19.1. The van der Waals surface area contributed by atoms with Gasteiger partial charge < -0.3 is 25.4 Å². The highest BCUT2D eigenvalue weighted by molar-refractivity contribution is 5.86. The van der Waals surface area contributed by atoms with E-state index >= 15 is 0 Å². The summed E-state index contributed by atoms with van der Waals surface area (Å²) in [7, 11) is 1.31. The maximum absolute atomic E-state index is 13.2. The van der Waals surface area contributed by atoms with Gasteiger partial charge in [-0.15, -0.1) is 0 Å². The van der Waals surface area contributed by atoms with Crippen molar-refractivity contribution in [2.45, 2.75) is 50.7 Å². The van der Waals surface area contributed by atoms with Gasteiger partial charge in [-0.2, -0.15) is 0 Å². The molecule has 1 saturated carbocycles. The lowest BCUT2D eigenvalue weighted by molar-refractivity contribution is -0.385. The Bertz CT molecular complexity index is 984. The molecule has 1 aromatic rings. The van der Waals surface area contributed by atoms with Gasteiger partial charge in [-0.25, -0.2) is 0 Å². The summed E-state index contributed by atoms with van der Waals surface area (Å²) in [6.07, 6.45) is 2.72. The van der Waals surface area contributed by atoms with E-state index in [-0.39, 0.29) is 47.3 Å². The number of likely N-dealkylation sites (tertiary alicyclic amines) is 1. The van der Waals surface area contributed by atoms with E-state index in [1.54, 1.807) is 0 Å². The molecular formula is C23H30N4O7. The summed E-state index contributed by atoms with van der Waals surface area (Å²) in [5.74, 6) is -0.405. The zero-order valence-electron chi connectivity index (χ0n) is 19.1. The number of piperidine rings is 1. The number of ether oxygens (including phenoxy) is 1. The molecule has 2 aliphatic heterocycles. The lowest BCUT2D eigenvalue weighted by Gasteiger charge is -2.48. The molecule has 2 unspecified atom stereocenters. The second-order valence-electron chi connectivity index (χ2n) is 9.38. The van der Waals surface area contributed by atoms with Crippen LogP contribution in [0.2, 0.25) is 0 Å². The SMILES string of the molecule is COc1ccc(C(O)C(=O)N2CC[C@@H](NC(=O)C3(C4CCC(=O)NC4)CCC3)C2)cc1[N+](=O)[O-]. The van der Waals surface area contributed by atoms with Crippen molar-refractivity contribution in [3.63, 3.8) is 0 Å². The molecule has 34 heavy (non-hydrogen) atoms. The molecule has 1 aliphatic carbocycles. The van der Waals surface area contributed by atoms with Crippen LogP contribution in [0, 0.1) is 21.4 Å². The lowest BCUT2D eigenvalue weighted by Crippen LogP contribution is -2.56. The number of nitro benzene ring substituents is 1. The Labute approximate surface area is 197 Å². The number of methoxy groups -OCH3 is 1. The molecule has 3 amide bonds. The van der Waals surface area contributed by atoms with Crippen molar-refractivity contribution in [1.29, 1.82) is 0 Å². The minimum atomic E-state index is -1.55. The van der Waals surface area contributed by atoms with Crippen LogP contribution in [0.3, 0.4) is 0 Å². The quantitative estimate of drug-likeness (QED) is 0.395. The smallest absolute Gasteiger partial charge is 0.311 e. The van der Waals surface area contributed by atoms with Crippen LogP contribution in [-0.4, -0.2) is 65.4 Å². The average molecular weight is 475 g/mol. The normalized spacial score (nSPS) is 24.5. The summed E-state index contributed by atoms with van der Waals surface area (Å²) in [5.41, 5.74) is -0.687. The largest absolute Gasteiger partial charge is 0.490 e. The Morgan fingerprint density at radius 3 is 2.71 bits per heavy atom. The van der Waals surface area contributed by atoms with E-state index in [0.717, 1.165) is 25.3 Å². The van der Waals surface area contributed by atoms with Crippen LogP contribution in [0.25, 0.3) is 0 Å². The van der Waals surface area contributed by atoms with E-state index in [1.807, 2.05) is 0 Å². The first-order valence-electron chi connectivity index (χ1n) is 11.6. The van der Waals surface area contributed by atoms with Gasteiger partial charge in [-0.1, -0.05) is 12.5 Å². The predicted octanol–water partition coefficient (Wildman–Crippen LogP) is 1.05. The van der Waals surface area contributed by atoms with Crippen molar-refractivity contribution in [1.82, 2.24) is 15.5 Å². The number of nitrogens with one attached hydrogen (secondary N) is 2. The zero-order chi connectivity index (χ0) is 24.5. The van der Waals surface area contributed by atoms with Crippen molar-refractivity contribution >= 4 is 23.4 Å². The molecular weight excluding hydrogens is 444 g/mol. The molecule has 11 nitrogen and oxygen atoms in total. The van der Waals surface area contributed by atoms with Crippen LogP contribution < -0.4 is 15.4 Å². The van der Waals surface area contributed by atoms with Crippen molar-refractivity contribution < 1.29 is 29.2 Å². The summed E-state index contributed by atoms with van der Waals surface area (Å²) >= 11 is 0. The number of aliphatic hydroxyl groups is 1. The number of hydrogen-bond donors (Lipinski definition) is 3. The summed E-state index contributed by atoms with van der Waals surface area (Å²) in [6.45, 7) is 1.14. The fourth-order valence-corrected chi connectivity index (χ4v) is 5.33. The maximum Gasteiger partial charge on any atom is 0.311 e. The average Bonchev–Trinajstić information content (AvgIpc) is 3.26. The third kappa shape index (κ3) is 4.44. The Hall–Kier alpha value is -3.21. The van der Waals surface area contributed by atoms with Crippen molar-refractivity contribution in [2.75, 3.05) is 26.7 Å². The fourth-order valence-electron chi connectivity index (χ4n) is 5.33. The molecule has 3 N–H and O–H groups in total. The topological polar surface area (TPSA) is 151 Å². The first-order chi connectivity index (χ1) is 16.2. The Balaban J connectivity index is 1.37. The highest BCUT2D eigenvalue weighted by Crippen LogP contribution is 2.49. The van der Waals surface area contributed by atoms with Gasteiger partial charge in [-0.05, 0) is 43.2 Å². The molecule has 0 radical (unpaired) electrons. The molecule has 2 saturated heterocycles. The molecule has 4 rings (SSSR count). The standard InChI is InChI=1S/C23H30N4O7/c1-34-18-5-3-14(11-17(18)27(32)33)20(29)21(30)26-10-7-16(13-26)25-22(31)23(8-2-9-23)15-4-6-19(28)24-12-15/h3,5,11,15-16,20,29H,2,4,6-10,12-13H2,1H3,(H,24,28)(H,25,31)/t15?,16-,20?/m1/s1.